The molecule has 0 fully saturated rings. The van der Waals surface area contributed by atoms with Crippen LogP contribution in [0.3, 0.4) is 0 Å². The third-order valence-electron chi connectivity index (χ3n) is 3.96. The Balaban J connectivity index is 2.11. The van der Waals surface area contributed by atoms with E-state index in [9.17, 15) is 23.1 Å². The van der Waals surface area contributed by atoms with Crippen LogP contribution in [-0.4, -0.2) is 35.7 Å². The molecular weight excluding hydrogens is 373 g/mol. The van der Waals surface area contributed by atoms with E-state index in [-0.39, 0.29) is 27.6 Å². The normalized spacial score (nSPS) is 16.9. The largest absolute Gasteiger partial charge is 0.503 e. The first-order valence-electron chi connectivity index (χ1n) is 7.51. The highest BCUT2D eigenvalue weighted by atomic mass is 35.5. The summed E-state index contributed by atoms with van der Waals surface area (Å²) in [6.07, 6.45) is -5.72. The fourth-order valence-electron chi connectivity index (χ4n) is 2.82. The molecule has 1 amide bonds. The number of fused-ring (bicyclic) bond motifs is 1. The fourth-order valence-corrected chi connectivity index (χ4v) is 3.04. The Morgan fingerprint density at radius 1 is 1.31 bits per heavy atom. The Kier molecular flexibility index (Phi) is 4.62. The van der Waals surface area contributed by atoms with Gasteiger partial charge < -0.3 is 20.1 Å². The summed E-state index contributed by atoms with van der Waals surface area (Å²) in [4.78, 5) is 13.3. The Bertz CT molecular complexity index is 858. The number of phenols is 1. The number of nitrogens with zero attached hydrogens (tertiary/aromatic N) is 1. The van der Waals surface area contributed by atoms with Crippen molar-refractivity contribution in [2.45, 2.75) is 12.3 Å². The summed E-state index contributed by atoms with van der Waals surface area (Å²) >= 11 is 5.95. The topological polar surface area (TPSA) is 61.8 Å². The van der Waals surface area contributed by atoms with Crippen molar-refractivity contribution >= 4 is 23.2 Å². The number of carbonyl (C=O) groups excluding carboxylic acids is 1. The highest BCUT2D eigenvalue weighted by Crippen LogP contribution is 2.41. The summed E-state index contributed by atoms with van der Waals surface area (Å²) in [7, 11) is 1.29. The summed E-state index contributed by atoms with van der Waals surface area (Å²) in [5.41, 5.74) is 0.797. The van der Waals surface area contributed by atoms with E-state index >= 15 is 0 Å². The van der Waals surface area contributed by atoms with Crippen molar-refractivity contribution in [3.63, 3.8) is 0 Å². The fraction of sp³-hybridized carbons (Fsp3) is 0.235. The van der Waals surface area contributed by atoms with Crippen molar-refractivity contribution in [2.24, 2.45) is 0 Å². The molecule has 0 radical (unpaired) electrons. The number of benzene rings is 2. The number of amides is 1. The van der Waals surface area contributed by atoms with Crippen LogP contribution in [0.15, 0.2) is 36.4 Å². The number of nitrogens with one attached hydrogen (secondary N) is 1. The number of halogens is 4. The zero-order chi connectivity index (χ0) is 19.1. The zero-order valence-corrected chi connectivity index (χ0v) is 14.2. The van der Waals surface area contributed by atoms with Crippen LogP contribution in [-0.2, 0) is 0 Å². The molecule has 9 heteroatoms. The zero-order valence-electron chi connectivity index (χ0n) is 13.5. The Morgan fingerprint density at radius 2 is 2.00 bits per heavy atom. The SMILES string of the molecule is COc1cc([C@H]2Nc3ccccc3C(=O)N2CC(F)(F)F)cc(Cl)c1O. The molecule has 26 heavy (non-hydrogen) atoms. The molecule has 5 nitrogen and oxygen atoms in total. The summed E-state index contributed by atoms with van der Waals surface area (Å²) in [5, 5.41) is 12.7. The van der Waals surface area contributed by atoms with Crippen LogP contribution in [0.5, 0.6) is 11.5 Å². The van der Waals surface area contributed by atoms with E-state index in [1.54, 1.807) is 18.2 Å². The minimum atomic E-state index is -4.59. The molecule has 0 bridgehead atoms. The quantitative estimate of drug-likeness (QED) is 0.830. The number of ether oxygens (including phenoxy) is 1. The molecule has 1 atom stereocenters. The number of hydrogen-bond acceptors (Lipinski definition) is 4. The number of hydrogen-bond donors (Lipinski definition) is 2. The van der Waals surface area contributed by atoms with Gasteiger partial charge in [0.05, 0.1) is 17.7 Å². The smallest absolute Gasteiger partial charge is 0.406 e. The Labute approximate surface area is 151 Å². The van der Waals surface area contributed by atoms with Crippen LogP contribution < -0.4 is 10.1 Å². The van der Waals surface area contributed by atoms with E-state index in [4.69, 9.17) is 16.3 Å². The number of carbonyl (C=O) groups is 1. The first-order valence-corrected chi connectivity index (χ1v) is 7.88. The molecule has 2 aromatic rings. The number of aromatic hydroxyl groups is 1. The van der Waals surface area contributed by atoms with Gasteiger partial charge in [0.1, 0.15) is 12.7 Å². The minimum Gasteiger partial charge on any atom is -0.503 e. The van der Waals surface area contributed by atoms with E-state index < -0.39 is 24.8 Å². The van der Waals surface area contributed by atoms with Crippen molar-refractivity contribution in [1.82, 2.24) is 4.90 Å². The second kappa shape index (κ2) is 6.60. The van der Waals surface area contributed by atoms with E-state index in [1.807, 2.05) is 0 Å². The highest BCUT2D eigenvalue weighted by Gasteiger charge is 2.41. The van der Waals surface area contributed by atoms with Crippen LogP contribution in [0.1, 0.15) is 22.1 Å². The Morgan fingerprint density at radius 3 is 2.65 bits per heavy atom. The molecule has 0 unspecified atom stereocenters. The molecule has 1 aliphatic heterocycles. The van der Waals surface area contributed by atoms with Crippen molar-refractivity contribution in [2.75, 3.05) is 19.0 Å². The van der Waals surface area contributed by atoms with Gasteiger partial charge in [0.2, 0.25) is 0 Å². The van der Waals surface area contributed by atoms with Gasteiger partial charge in [-0.2, -0.15) is 13.2 Å². The van der Waals surface area contributed by atoms with Gasteiger partial charge in [-0.15, -0.1) is 0 Å². The molecule has 0 spiro atoms. The van der Waals surface area contributed by atoms with Crippen molar-refractivity contribution < 1.29 is 27.8 Å². The number of methoxy groups -OCH3 is 1. The molecular formula is C17H14ClF3N2O3. The van der Waals surface area contributed by atoms with Crippen molar-refractivity contribution in [3.8, 4) is 11.5 Å². The standard InChI is InChI=1S/C17H14ClF3N2O3/c1-26-13-7-9(6-11(18)14(13)24)15-22-12-5-3-2-4-10(12)16(25)23(15)8-17(19,20)21/h2-7,15,22,24H,8H2,1H3/t15-/m0/s1. The first kappa shape index (κ1) is 18.2. The average Bonchev–Trinajstić information content (AvgIpc) is 2.58. The number of alkyl halides is 3. The molecule has 3 rings (SSSR count). The van der Waals surface area contributed by atoms with Gasteiger partial charge in [-0.05, 0) is 24.3 Å². The monoisotopic (exact) mass is 386 g/mol. The molecule has 1 heterocycles. The second-order valence-electron chi connectivity index (χ2n) is 5.69. The molecule has 0 aromatic heterocycles. The lowest BCUT2D eigenvalue weighted by atomic mass is 10.0. The van der Waals surface area contributed by atoms with Gasteiger partial charge in [-0.3, -0.25) is 4.79 Å². The number of phenolic OH excluding ortho intramolecular Hbond substituents is 1. The van der Waals surface area contributed by atoms with Gasteiger partial charge in [-0.25, -0.2) is 0 Å². The summed E-state index contributed by atoms with van der Waals surface area (Å²) in [6, 6.07) is 8.93. The second-order valence-corrected chi connectivity index (χ2v) is 6.10. The first-order chi connectivity index (χ1) is 12.2. The molecule has 0 saturated heterocycles. The van der Waals surface area contributed by atoms with Gasteiger partial charge in [0.25, 0.3) is 5.91 Å². The van der Waals surface area contributed by atoms with Crippen LogP contribution in [0, 0.1) is 0 Å². The number of rotatable bonds is 3. The van der Waals surface area contributed by atoms with E-state index in [2.05, 4.69) is 5.32 Å². The predicted octanol–water partition coefficient (Wildman–Crippen LogP) is 4.18. The van der Waals surface area contributed by atoms with E-state index in [0.29, 0.717) is 10.6 Å². The van der Waals surface area contributed by atoms with Crippen molar-refractivity contribution in [1.29, 1.82) is 0 Å². The molecule has 138 valence electrons. The summed E-state index contributed by atoms with van der Waals surface area (Å²) < 4.78 is 44.2. The molecule has 0 saturated carbocycles. The van der Waals surface area contributed by atoms with E-state index in [1.165, 1.54) is 25.3 Å². The third kappa shape index (κ3) is 3.37. The Hall–Kier alpha value is -2.61. The van der Waals surface area contributed by atoms with Gasteiger partial charge in [0.15, 0.2) is 11.5 Å². The van der Waals surface area contributed by atoms with Gasteiger partial charge >= 0.3 is 6.18 Å². The van der Waals surface area contributed by atoms with Crippen LogP contribution >= 0.6 is 11.6 Å². The maximum absolute atomic E-state index is 13.1. The summed E-state index contributed by atoms with van der Waals surface area (Å²) in [6.45, 7) is -1.45. The van der Waals surface area contributed by atoms with Gasteiger partial charge in [-0.1, -0.05) is 23.7 Å². The molecule has 1 aliphatic rings. The van der Waals surface area contributed by atoms with E-state index in [0.717, 1.165) is 0 Å². The van der Waals surface area contributed by atoms with Crippen LogP contribution in [0.25, 0.3) is 0 Å². The lowest BCUT2D eigenvalue weighted by molar-refractivity contribution is -0.144. The van der Waals surface area contributed by atoms with Crippen LogP contribution in [0.4, 0.5) is 18.9 Å². The highest BCUT2D eigenvalue weighted by molar-refractivity contribution is 6.32. The molecule has 0 aliphatic carbocycles. The average molecular weight is 387 g/mol. The minimum absolute atomic E-state index is 0.00688. The third-order valence-corrected chi connectivity index (χ3v) is 4.25. The predicted molar refractivity (Wildman–Crippen MR) is 89.6 cm³/mol. The maximum atomic E-state index is 13.1. The maximum Gasteiger partial charge on any atom is 0.406 e. The lowest BCUT2D eigenvalue weighted by Gasteiger charge is -2.38. The molecule has 2 N–H and O–H groups in total. The van der Waals surface area contributed by atoms with Crippen LogP contribution in [0.2, 0.25) is 5.02 Å². The number of anilines is 1. The van der Waals surface area contributed by atoms with Gasteiger partial charge in [0, 0.05) is 11.3 Å². The summed E-state index contributed by atoms with van der Waals surface area (Å²) in [5.74, 6) is -1.10. The lowest BCUT2D eigenvalue weighted by Crippen LogP contribution is -2.47. The van der Waals surface area contributed by atoms with Crippen molar-refractivity contribution in [3.05, 3.63) is 52.5 Å². The molecule has 2 aromatic carbocycles. The number of para-hydroxylation sites is 1.